The van der Waals surface area contributed by atoms with Crippen LogP contribution in [0, 0.1) is 0 Å². The average Bonchev–Trinajstić information content (AvgIpc) is 3.61. The van der Waals surface area contributed by atoms with Crippen LogP contribution in [0.4, 0.5) is 0 Å². The van der Waals surface area contributed by atoms with Gasteiger partial charge in [-0.25, -0.2) is 0 Å². The summed E-state index contributed by atoms with van der Waals surface area (Å²) in [6.45, 7) is 0. The van der Waals surface area contributed by atoms with Crippen LogP contribution in [0.2, 0.25) is 0 Å². The average molecular weight is 550 g/mol. The second kappa shape index (κ2) is 8.19. The van der Waals surface area contributed by atoms with Crippen molar-refractivity contribution in [3.8, 4) is 5.69 Å². The molecule has 0 aliphatic rings. The molecule has 8 aromatic carbocycles. The zero-order valence-electron chi connectivity index (χ0n) is 22.6. The van der Waals surface area contributed by atoms with Gasteiger partial charge in [0.2, 0.25) is 0 Å². The Morgan fingerprint density at radius 1 is 0.357 bits per heavy atom. The molecule has 0 fully saturated rings. The highest BCUT2D eigenvalue weighted by Crippen LogP contribution is 2.48. The maximum atomic E-state index is 2.55. The maximum absolute atomic E-state index is 2.55. The van der Waals surface area contributed by atoms with E-state index >= 15 is 0 Å². The van der Waals surface area contributed by atoms with Gasteiger partial charge in [-0.2, -0.15) is 0 Å². The Balaban J connectivity index is 1.55. The molecule has 0 amide bonds. The van der Waals surface area contributed by atoms with E-state index < -0.39 is 0 Å². The van der Waals surface area contributed by atoms with Crippen LogP contribution in [0.5, 0.6) is 0 Å². The predicted molar refractivity (Wildman–Crippen MR) is 184 cm³/mol. The van der Waals surface area contributed by atoms with E-state index in [2.05, 4.69) is 144 Å². The van der Waals surface area contributed by atoms with E-state index in [1.807, 2.05) is 11.3 Å². The molecule has 0 saturated carbocycles. The Kier molecular flexibility index (Phi) is 4.39. The first-order valence-corrected chi connectivity index (χ1v) is 15.3. The highest BCUT2D eigenvalue weighted by Gasteiger charge is 2.23. The number of fused-ring (bicyclic) bond motifs is 16. The van der Waals surface area contributed by atoms with Gasteiger partial charge in [0.15, 0.2) is 0 Å². The first-order valence-electron chi connectivity index (χ1n) is 14.5. The van der Waals surface area contributed by atoms with Gasteiger partial charge in [0, 0.05) is 37.0 Å². The van der Waals surface area contributed by atoms with E-state index in [0.29, 0.717) is 0 Å². The number of rotatable bonds is 1. The highest BCUT2D eigenvalue weighted by molar-refractivity contribution is 7.26. The van der Waals surface area contributed by atoms with Crippen LogP contribution < -0.4 is 0 Å². The maximum Gasteiger partial charge on any atom is 0.0641 e. The lowest BCUT2D eigenvalue weighted by Gasteiger charge is -2.16. The number of aromatic nitrogens is 1. The fourth-order valence-corrected chi connectivity index (χ4v) is 8.70. The Morgan fingerprint density at radius 2 is 0.881 bits per heavy atom. The lowest BCUT2D eigenvalue weighted by molar-refractivity contribution is 1.21. The van der Waals surface area contributed by atoms with Crippen LogP contribution in [0.1, 0.15) is 0 Å². The van der Waals surface area contributed by atoms with Gasteiger partial charge in [-0.1, -0.05) is 121 Å². The molecule has 2 aromatic heterocycles. The van der Waals surface area contributed by atoms with Gasteiger partial charge in [0.25, 0.3) is 0 Å². The lowest BCUT2D eigenvalue weighted by atomic mass is 9.88. The van der Waals surface area contributed by atoms with Crippen LogP contribution in [-0.2, 0) is 0 Å². The van der Waals surface area contributed by atoms with Gasteiger partial charge in [0.05, 0.1) is 21.4 Å². The summed E-state index contributed by atoms with van der Waals surface area (Å²) in [5, 5.41) is 15.8. The van der Waals surface area contributed by atoms with Crippen LogP contribution >= 0.6 is 11.3 Å². The summed E-state index contributed by atoms with van der Waals surface area (Å²) in [7, 11) is 0. The second-order valence-electron chi connectivity index (χ2n) is 11.2. The minimum absolute atomic E-state index is 1.24. The van der Waals surface area contributed by atoms with Gasteiger partial charge < -0.3 is 4.57 Å². The number of para-hydroxylation sites is 1. The van der Waals surface area contributed by atoms with Crippen molar-refractivity contribution in [3.63, 3.8) is 0 Å². The van der Waals surface area contributed by atoms with Gasteiger partial charge in [-0.3, -0.25) is 0 Å². The Labute approximate surface area is 245 Å². The van der Waals surface area contributed by atoms with Crippen molar-refractivity contribution >= 4 is 96.4 Å². The van der Waals surface area contributed by atoms with Crippen LogP contribution in [0.15, 0.2) is 140 Å². The van der Waals surface area contributed by atoms with Crippen LogP contribution in [-0.4, -0.2) is 4.57 Å². The van der Waals surface area contributed by atoms with Crippen LogP contribution in [0.25, 0.3) is 90.8 Å². The topological polar surface area (TPSA) is 4.93 Å². The van der Waals surface area contributed by atoms with Gasteiger partial charge in [0.1, 0.15) is 0 Å². The van der Waals surface area contributed by atoms with Crippen molar-refractivity contribution in [3.05, 3.63) is 140 Å². The van der Waals surface area contributed by atoms with Gasteiger partial charge in [-0.15, -0.1) is 11.3 Å². The van der Waals surface area contributed by atoms with Crippen molar-refractivity contribution < 1.29 is 0 Å². The number of hydrogen-bond donors (Lipinski definition) is 0. The van der Waals surface area contributed by atoms with Crippen molar-refractivity contribution in [2.75, 3.05) is 0 Å². The summed E-state index contributed by atoms with van der Waals surface area (Å²) in [6, 6.07) is 51.5. The van der Waals surface area contributed by atoms with E-state index in [0.717, 1.165) is 0 Å². The molecule has 0 unspecified atom stereocenters. The van der Waals surface area contributed by atoms with E-state index in [4.69, 9.17) is 0 Å². The quantitative estimate of drug-likeness (QED) is 0.179. The molecule has 0 atom stereocenters. The summed E-state index contributed by atoms with van der Waals surface area (Å²) >= 11 is 1.90. The highest BCUT2D eigenvalue weighted by atomic mass is 32.1. The normalized spacial score (nSPS) is 12.3. The smallest absolute Gasteiger partial charge is 0.0641 e. The van der Waals surface area contributed by atoms with E-state index in [9.17, 15) is 0 Å². The number of nitrogens with zero attached hydrogens (tertiary/aromatic N) is 1. The Hall–Kier alpha value is -5.18. The van der Waals surface area contributed by atoms with Crippen molar-refractivity contribution in [1.82, 2.24) is 4.57 Å². The molecule has 2 heteroatoms. The molecule has 0 radical (unpaired) electrons. The summed E-state index contributed by atoms with van der Waals surface area (Å²) in [4.78, 5) is 0. The Morgan fingerprint density at radius 3 is 1.62 bits per heavy atom. The SMILES string of the molecule is c1ccc2c(c1)sc1c(-n3c4ccccc4c4c5c6ccccc6c6ccccc6c5c5ccccc5c43)cccc12. The summed E-state index contributed by atoms with van der Waals surface area (Å²) in [5.41, 5.74) is 3.77. The lowest BCUT2D eigenvalue weighted by Crippen LogP contribution is -1.95. The number of thiophene rings is 1. The molecule has 0 N–H and O–H groups in total. The predicted octanol–water partition coefficient (Wildman–Crippen LogP) is 11.8. The minimum atomic E-state index is 1.24. The van der Waals surface area contributed by atoms with Gasteiger partial charge in [-0.05, 0) is 50.5 Å². The van der Waals surface area contributed by atoms with Crippen molar-refractivity contribution in [2.24, 2.45) is 0 Å². The van der Waals surface area contributed by atoms with Crippen LogP contribution in [0.3, 0.4) is 0 Å². The standard InChI is InChI=1S/C40H23NS/c1-3-15-27-24(12-1)25-13-2-4-16-28(25)37-36(27)29-17-5-6-18-30(29)39-38(37)32-19-7-9-21-33(32)41(39)34-22-11-20-31-26-14-8-10-23-35(26)42-40(31)34/h1-23H. The third-order valence-corrected chi connectivity index (χ3v) is 10.3. The Bertz CT molecular complexity index is 2740. The minimum Gasteiger partial charge on any atom is -0.307 e. The fourth-order valence-electron chi connectivity index (χ4n) is 7.49. The van der Waals surface area contributed by atoms with Crippen molar-refractivity contribution in [1.29, 1.82) is 0 Å². The molecule has 10 rings (SSSR count). The summed E-state index contributed by atoms with van der Waals surface area (Å²) in [6.07, 6.45) is 0. The largest absolute Gasteiger partial charge is 0.307 e. The monoisotopic (exact) mass is 549 g/mol. The molecule has 0 aliphatic carbocycles. The zero-order valence-corrected chi connectivity index (χ0v) is 23.5. The number of benzene rings is 8. The molecule has 0 bridgehead atoms. The number of hydrogen-bond acceptors (Lipinski definition) is 1. The fraction of sp³-hybridized carbons (Fsp3) is 0. The molecule has 2 heterocycles. The first-order chi connectivity index (χ1) is 20.9. The van der Waals surface area contributed by atoms with Gasteiger partial charge >= 0.3 is 0 Å². The molecule has 42 heavy (non-hydrogen) atoms. The molecule has 0 aliphatic heterocycles. The molecular formula is C40H23NS. The molecule has 194 valence electrons. The summed E-state index contributed by atoms with van der Waals surface area (Å²) < 4.78 is 5.20. The van der Waals surface area contributed by atoms with Crippen molar-refractivity contribution in [2.45, 2.75) is 0 Å². The third kappa shape index (κ3) is 2.77. The molecule has 0 spiro atoms. The molecular weight excluding hydrogens is 527 g/mol. The molecule has 10 aromatic rings. The summed E-state index contributed by atoms with van der Waals surface area (Å²) in [5.74, 6) is 0. The third-order valence-electron chi connectivity index (χ3n) is 9.13. The molecule has 1 nitrogen and oxygen atoms in total. The molecule has 0 saturated heterocycles. The zero-order chi connectivity index (χ0) is 27.4. The first kappa shape index (κ1) is 22.5. The second-order valence-corrected chi connectivity index (χ2v) is 12.3. The van der Waals surface area contributed by atoms with E-state index in [1.165, 1.54) is 90.8 Å². The van der Waals surface area contributed by atoms with E-state index in [-0.39, 0.29) is 0 Å². The van der Waals surface area contributed by atoms with E-state index in [1.54, 1.807) is 0 Å².